The lowest BCUT2D eigenvalue weighted by atomic mass is 10.2. The highest BCUT2D eigenvalue weighted by atomic mass is 79.9. The van der Waals surface area contributed by atoms with Crippen molar-refractivity contribution in [1.29, 1.82) is 5.41 Å². The first-order valence-corrected chi connectivity index (χ1v) is 7.42. The van der Waals surface area contributed by atoms with Crippen LogP contribution in [-0.2, 0) is 4.79 Å². The van der Waals surface area contributed by atoms with Crippen LogP contribution in [-0.4, -0.2) is 34.2 Å². The molecule has 2 N–H and O–H groups in total. The average Bonchev–Trinajstić information content (AvgIpc) is 2.43. The standard InChI is InChI=1S/C13H13BrClF3N4O/c1-22(11(23)2-3-13(16,17)18)10(12(15)19)7-21-9-4-8(14)5-20-6-9/h4-7,19,21H,2-3H2,1H3/b10-7+,19-12?. The fourth-order valence-corrected chi connectivity index (χ4v) is 2.05. The van der Waals surface area contributed by atoms with Crippen molar-refractivity contribution >= 4 is 44.3 Å². The zero-order valence-corrected chi connectivity index (χ0v) is 14.3. The molecule has 0 unspecified atom stereocenters. The lowest BCUT2D eigenvalue weighted by molar-refractivity contribution is -0.147. The van der Waals surface area contributed by atoms with Crippen LogP contribution in [0.4, 0.5) is 18.9 Å². The number of carbonyl (C=O) groups excluding carboxylic acids is 1. The van der Waals surface area contributed by atoms with Crippen molar-refractivity contribution in [3.8, 4) is 0 Å². The molecule has 0 atom stereocenters. The molecule has 0 aliphatic carbocycles. The molecule has 126 valence electrons. The molecule has 1 aromatic heterocycles. The minimum absolute atomic E-state index is 0.0567. The van der Waals surface area contributed by atoms with Crippen LogP contribution in [0.15, 0.2) is 34.8 Å². The van der Waals surface area contributed by atoms with Gasteiger partial charge in [0.2, 0.25) is 5.91 Å². The Hall–Kier alpha value is -1.61. The summed E-state index contributed by atoms with van der Waals surface area (Å²) in [6, 6.07) is 1.68. The number of halogens is 5. The minimum atomic E-state index is -4.42. The fourth-order valence-electron chi connectivity index (χ4n) is 1.50. The van der Waals surface area contributed by atoms with E-state index in [9.17, 15) is 18.0 Å². The molecular formula is C13H13BrClF3N4O. The molecule has 0 spiro atoms. The zero-order chi connectivity index (χ0) is 17.6. The van der Waals surface area contributed by atoms with Gasteiger partial charge >= 0.3 is 6.18 Å². The Balaban J connectivity index is 2.82. The van der Waals surface area contributed by atoms with Gasteiger partial charge in [0.05, 0.1) is 24.0 Å². The summed E-state index contributed by atoms with van der Waals surface area (Å²) in [5.74, 6) is -0.798. The monoisotopic (exact) mass is 412 g/mol. The highest BCUT2D eigenvalue weighted by molar-refractivity contribution is 9.10. The number of amides is 1. The number of carbonyl (C=O) groups is 1. The highest BCUT2D eigenvalue weighted by Crippen LogP contribution is 2.22. The van der Waals surface area contributed by atoms with E-state index in [2.05, 4.69) is 26.2 Å². The molecule has 0 saturated carbocycles. The summed E-state index contributed by atoms with van der Waals surface area (Å²) in [4.78, 5) is 16.6. The Morgan fingerprint density at radius 2 is 2.17 bits per heavy atom. The van der Waals surface area contributed by atoms with E-state index in [4.69, 9.17) is 17.0 Å². The number of hydrogen-bond acceptors (Lipinski definition) is 4. The van der Waals surface area contributed by atoms with E-state index < -0.39 is 30.1 Å². The van der Waals surface area contributed by atoms with Crippen molar-refractivity contribution in [3.05, 3.63) is 34.8 Å². The molecule has 0 radical (unpaired) electrons. The highest BCUT2D eigenvalue weighted by Gasteiger charge is 2.29. The number of pyridine rings is 1. The van der Waals surface area contributed by atoms with E-state index in [1.165, 1.54) is 19.4 Å². The molecule has 1 amide bonds. The molecule has 0 saturated heterocycles. The van der Waals surface area contributed by atoms with Crippen LogP contribution in [0.2, 0.25) is 0 Å². The van der Waals surface area contributed by atoms with Gasteiger partial charge in [0.15, 0.2) is 0 Å². The third kappa shape index (κ3) is 7.00. The van der Waals surface area contributed by atoms with Gasteiger partial charge in [-0.25, -0.2) is 0 Å². The van der Waals surface area contributed by atoms with E-state index in [1.54, 1.807) is 12.3 Å². The van der Waals surface area contributed by atoms with Crippen LogP contribution < -0.4 is 5.32 Å². The Kier molecular flexibility index (Phi) is 7.01. The smallest absolute Gasteiger partial charge is 0.358 e. The number of allylic oxidation sites excluding steroid dienone is 1. The second-order valence-corrected chi connectivity index (χ2v) is 5.74. The summed E-state index contributed by atoms with van der Waals surface area (Å²) in [5.41, 5.74) is 0.491. The maximum absolute atomic E-state index is 12.2. The van der Waals surface area contributed by atoms with E-state index in [-0.39, 0.29) is 5.70 Å². The molecule has 1 aromatic rings. The summed E-state index contributed by atoms with van der Waals surface area (Å²) >= 11 is 8.83. The molecule has 0 aromatic carbocycles. The molecule has 1 rings (SSSR count). The maximum Gasteiger partial charge on any atom is 0.389 e. The molecule has 23 heavy (non-hydrogen) atoms. The van der Waals surface area contributed by atoms with E-state index in [0.717, 1.165) is 4.90 Å². The van der Waals surface area contributed by atoms with Crippen molar-refractivity contribution in [2.24, 2.45) is 0 Å². The zero-order valence-electron chi connectivity index (χ0n) is 11.9. The van der Waals surface area contributed by atoms with Gasteiger partial charge in [-0.15, -0.1) is 0 Å². The average molecular weight is 414 g/mol. The van der Waals surface area contributed by atoms with Crippen molar-refractivity contribution in [3.63, 3.8) is 0 Å². The lowest BCUT2D eigenvalue weighted by Gasteiger charge is -2.20. The van der Waals surface area contributed by atoms with Crippen molar-refractivity contribution in [2.45, 2.75) is 19.0 Å². The summed E-state index contributed by atoms with van der Waals surface area (Å²) in [6.07, 6.45) is -2.07. The predicted molar refractivity (Wildman–Crippen MR) is 85.3 cm³/mol. The summed E-state index contributed by atoms with van der Waals surface area (Å²) in [6.45, 7) is 0. The Morgan fingerprint density at radius 1 is 1.52 bits per heavy atom. The van der Waals surface area contributed by atoms with Gasteiger partial charge in [0, 0.05) is 30.3 Å². The quantitative estimate of drug-likeness (QED) is 0.690. The van der Waals surface area contributed by atoms with Gasteiger partial charge in [-0.3, -0.25) is 15.2 Å². The van der Waals surface area contributed by atoms with Crippen molar-refractivity contribution in [1.82, 2.24) is 9.88 Å². The predicted octanol–water partition coefficient (Wildman–Crippen LogP) is 4.11. The molecule has 0 aliphatic rings. The topological polar surface area (TPSA) is 69.1 Å². The Morgan fingerprint density at radius 3 is 2.70 bits per heavy atom. The van der Waals surface area contributed by atoms with Gasteiger partial charge in [0.25, 0.3) is 0 Å². The van der Waals surface area contributed by atoms with Crippen LogP contribution >= 0.6 is 27.5 Å². The molecule has 5 nitrogen and oxygen atoms in total. The summed E-state index contributed by atoms with van der Waals surface area (Å²) < 4.78 is 37.2. The first kappa shape index (κ1) is 19.4. The van der Waals surface area contributed by atoms with Gasteiger partial charge < -0.3 is 10.2 Å². The van der Waals surface area contributed by atoms with Gasteiger partial charge in [0.1, 0.15) is 5.17 Å². The fraction of sp³-hybridized carbons (Fsp3) is 0.308. The van der Waals surface area contributed by atoms with E-state index in [0.29, 0.717) is 10.2 Å². The van der Waals surface area contributed by atoms with Crippen molar-refractivity contribution < 1.29 is 18.0 Å². The minimum Gasteiger partial charge on any atom is -0.358 e. The largest absolute Gasteiger partial charge is 0.389 e. The third-order valence-electron chi connectivity index (χ3n) is 2.66. The first-order chi connectivity index (χ1) is 10.6. The molecular weight excluding hydrogens is 401 g/mol. The molecule has 0 bridgehead atoms. The van der Waals surface area contributed by atoms with Gasteiger partial charge in [-0.2, -0.15) is 13.2 Å². The van der Waals surface area contributed by atoms with E-state index in [1.807, 2.05) is 0 Å². The number of nitrogens with zero attached hydrogens (tertiary/aromatic N) is 2. The summed E-state index contributed by atoms with van der Waals surface area (Å²) in [7, 11) is 1.25. The molecule has 0 aliphatic heterocycles. The van der Waals surface area contributed by atoms with Crippen LogP contribution in [0.1, 0.15) is 12.8 Å². The second-order valence-electron chi connectivity index (χ2n) is 4.45. The Labute approximate surface area is 144 Å². The SMILES string of the molecule is CN(C(=O)CCC(F)(F)F)/C(=C/Nc1cncc(Br)c1)C(=N)Cl. The number of hydrogen-bond donors (Lipinski definition) is 2. The number of aromatic nitrogens is 1. The number of rotatable bonds is 6. The molecule has 1 heterocycles. The normalized spacial score (nSPS) is 12.0. The van der Waals surface area contributed by atoms with Gasteiger partial charge in [-0.05, 0) is 22.0 Å². The molecule has 10 heteroatoms. The second kappa shape index (κ2) is 8.30. The Bertz CT molecular complexity index is 621. The van der Waals surface area contributed by atoms with E-state index >= 15 is 0 Å². The third-order valence-corrected chi connectivity index (χ3v) is 3.29. The lowest BCUT2D eigenvalue weighted by Crippen LogP contribution is -2.30. The summed E-state index contributed by atoms with van der Waals surface area (Å²) in [5, 5.41) is 9.75. The maximum atomic E-state index is 12.2. The number of anilines is 1. The number of nitrogens with one attached hydrogen (secondary N) is 2. The molecule has 0 fully saturated rings. The van der Waals surface area contributed by atoms with Crippen LogP contribution in [0.25, 0.3) is 0 Å². The van der Waals surface area contributed by atoms with Crippen LogP contribution in [0.5, 0.6) is 0 Å². The first-order valence-electron chi connectivity index (χ1n) is 6.25. The van der Waals surface area contributed by atoms with Crippen molar-refractivity contribution in [2.75, 3.05) is 12.4 Å². The van der Waals surface area contributed by atoms with Gasteiger partial charge in [-0.1, -0.05) is 11.6 Å². The van der Waals surface area contributed by atoms with Crippen LogP contribution in [0.3, 0.4) is 0 Å². The number of alkyl halides is 3. The van der Waals surface area contributed by atoms with Crippen LogP contribution in [0, 0.1) is 5.41 Å².